The van der Waals surface area contributed by atoms with Gasteiger partial charge in [0.25, 0.3) is 0 Å². The van der Waals surface area contributed by atoms with Gasteiger partial charge in [0, 0.05) is 6.61 Å². The lowest BCUT2D eigenvalue weighted by molar-refractivity contribution is 0.119. The van der Waals surface area contributed by atoms with Gasteiger partial charge in [-0.05, 0) is 43.1 Å². The predicted octanol–water partition coefficient (Wildman–Crippen LogP) is 2.00. The summed E-state index contributed by atoms with van der Waals surface area (Å²) >= 11 is 0. The zero-order valence-electron chi connectivity index (χ0n) is 8.42. The predicted molar refractivity (Wildman–Crippen MR) is 54.5 cm³/mol. The molecule has 0 spiro atoms. The van der Waals surface area contributed by atoms with E-state index in [2.05, 4.69) is 0 Å². The summed E-state index contributed by atoms with van der Waals surface area (Å²) in [5.74, 6) is -0.215. The summed E-state index contributed by atoms with van der Waals surface area (Å²) in [7, 11) is 0. The van der Waals surface area contributed by atoms with E-state index < -0.39 is 0 Å². The third-order valence-electron chi connectivity index (χ3n) is 2.06. The van der Waals surface area contributed by atoms with Gasteiger partial charge in [-0.2, -0.15) is 0 Å². The van der Waals surface area contributed by atoms with Gasteiger partial charge in [0.2, 0.25) is 0 Å². The molecule has 78 valence electrons. The van der Waals surface area contributed by atoms with Gasteiger partial charge in [0.1, 0.15) is 5.82 Å². The smallest absolute Gasteiger partial charge is 0.123 e. The Morgan fingerprint density at radius 1 is 1.43 bits per heavy atom. The van der Waals surface area contributed by atoms with Crippen molar-refractivity contribution >= 4 is 0 Å². The van der Waals surface area contributed by atoms with Crippen molar-refractivity contribution in [3.63, 3.8) is 0 Å². The molecule has 1 aromatic carbocycles. The zero-order chi connectivity index (χ0) is 10.4. The van der Waals surface area contributed by atoms with Crippen LogP contribution in [0.25, 0.3) is 0 Å². The van der Waals surface area contributed by atoms with Crippen LogP contribution < -0.4 is 5.73 Å². The second kappa shape index (κ2) is 5.73. The quantitative estimate of drug-likeness (QED) is 0.733. The maximum Gasteiger partial charge on any atom is 0.123 e. The van der Waals surface area contributed by atoms with Crippen LogP contribution in [0.1, 0.15) is 17.5 Å². The minimum Gasteiger partial charge on any atom is -0.377 e. The Morgan fingerprint density at radius 2 is 2.21 bits per heavy atom. The molecule has 0 fully saturated rings. The highest BCUT2D eigenvalue weighted by molar-refractivity contribution is 5.25. The summed E-state index contributed by atoms with van der Waals surface area (Å²) < 4.78 is 18.2. The van der Waals surface area contributed by atoms with Gasteiger partial charge in [0.05, 0.1) is 6.61 Å². The lowest BCUT2D eigenvalue weighted by Crippen LogP contribution is -2.05. The van der Waals surface area contributed by atoms with Gasteiger partial charge >= 0.3 is 0 Å². The van der Waals surface area contributed by atoms with E-state index in [1.165, 1.54) is 12.1 Å². The first kappa shape index (κ1) is 11.1. The van der Waals surface area contributed by atoms with Crippen LogP contribution in [-0.2, 0) is 11.3 Å². The van der Waals surface area contributed by atoms with Crippen molar-refractivity contribution < 1.29 is 9.13 Å². The molecule has 2 N–H and O–H groups in total. The van der Waals surface area contributed by atoms with E-state index in [1.807, 2.05) is 6.92 Å². The van der Waals surface area contributed by atoms with Crippen molar-refractivity contribution in [3.05, 3.63) is 35.1 Å². The Morgan fingerprint density at radius 3 is 2.93 bits per heavy atom. The van der Waals surface area contributed by atoms with E-state index in [0.717, 1.165) is 17.5 Å². The van der Waals surface area contributed by atoms with Crippen LogP contribution in [0.5, 0.6) is 0 Å². The second-order valence-electron chi connectivity index (χ2n) is 3.27. The monoisotopic (exact) mass is 197 g/mol. The topological polar surface area (TPSA) is 35.2 Å². The van der Waals surface area contributed by atoms with E-state index >= 15 is 0 Å². The number of halogens is 1. The van der Waals surface area contributed by atoms with Crippen molar-refractivity contribution in [1.82, 2.24) is 0 Å². The fourth-order valence-electron chi connectivity index (χ4n) is 1.16. The number of rotatable bonds is 5. The van der Waals surface area contributed by atoms with Gasteiger partial charge in [-0.15, -0.1) is 0 Å². The lowest BCUT2D eigenvalue weighted by atomic mass is 10.1. The van der Waals surface area contributed by atoms with Gasteiger partial charge < -0.3 is 10.5 Å². The first-order valence-electron chi connectivity index (χ1n) is 4.77. The van der Waals surface area contributed by atoms with Crippen LogP contribution in [0.3, 0.4) is 0 Å². The van der Waals surface area contributed by atoms with E-state index in [9.17, 15) is 4.39 Å². The molecule has 3 heteroatoms. The molecule has 0 aliphatic rings. The minimum absolute atomic E-state index is 0.215. The molecule has 0 radical (unpaired) electrons. The first-order valence-corrected chi connectivity index (χ1v) is 4.77. The third-order valence-corrected chi connectivity index (χ3v) is 2.06. The number of nitrogens with two attached hydrogens (primary N) is 1. The Hall–Kier alpha value is -0.930. The van der Waals surface area contributed by atoms with Crippen LogP contribution in [0, 0.1) is 12.7 Å². The number of hydrogen-bond acceptors (Lipinski definition) is 2. The minimum atomic E-state index is -0.215. The highest BCUT2D eigenvalue weighted by Crippen LogP contribution is 2.11. The Balaban J connectivity index is 2.45. The summed E-state index contributed by atoms with van der Waals surface area (Å²) in [5, 5.41) is 0. The Bertz CT molecular complexity index is 289. The second-order valence-corrected chi connectivity index (χ2v) is 3.27. The summed E-state index contributed by atoms with van der Waals surface area (Å²) in [6.45, 7) is 3.67. The van der Waals surface area contributed by atoms with Gasteiger partial charge in [-0.1, -0.05) is 6.07 Å². The summed E-state index contributed by atoms with van der Waals surface area (Å²) in [6, 6.07) is 4.73. The maximum atomic E-state index is 12.8. The first-order chi connectivity index (χ1) is 6.74. The molecule has 0 aromatic heterocycles. The average molecular weight is 197 g/mol. The molecule has 0 saturated carbocycles. The highest BCUT2D eigenvalue weighted by atomic mass is 19.1. The maximum absolute atomic E-state index is 12.8. The van der Waals surface area contributed by atoms with E-state index in [1.54, 1.807) is 6.07 Å². The van der Waals surface area contributed by atoms with Gasteiger partial charge in [0.15, 0.2) is 0 Å². The van der Waals surface area contributed by atoms with Crippen LogP contribution in [0.15, 0.2) is 18.2 Å². The summed E-state index contributed by atoms with van der Waals surface area (Å²) in [6.07, 6.45) is 0.842. The van der Waals surface area contributed by atoms with Crippen molar-refractivity contribution in [3.8, 4) is 0 Å². The average Bonchev–Trinajstić information content (AvgIpc) is 2.18. The molecule has 1 rings (SSSR count). The van der Waals surface area contributed by atoms with E-state index in [0.29, 0.717) is 19.8 Å². The van der Waals surface area contributed by atoms with Crippen molar-refractivity contribution in [1.29, 1.82) is 0 Å². The van der Waals surface area contributed by atoms with Crippen LogP contribution in [-0.4, -0.2) is 13.2 Å². The van der Waals surface area contributed by atoms with Crippen LogP contribution >= 0.6 is 0 Å². The lowest BCUT2D eigenvalue weighted by Gasteiger charge is -2.06. The summed E-state index contributed by atoms with van der Waals surface area (Å²) in [4.78, 5) is 0. The third kappa shape index (κ3) is 3.44. The molecule has 0 heterocycles. The molecule has 2 nitrogen and oxygen atoms in total. The molecule has 0 bridgehead atoms. The van der Waals surface area contributed by atoms with E-state index in [-0.39, 0.29) is 5.82 Å². The normalized spacial score (nSPS) is 10.5. The largest absolute Gasteiger partial charge is 0.377 e. The number of benzene rings is 1. The number of hydrogen-bond donors (Lipinski definition) is 1. The zero-order valence-corrected chi connectivity index (χ0v) is 8.42. The number of aryl methyl sites for hydroxylation is 1. The molecule has 0 atom stereocenters. The summed E-state index contributed by atoms with van der Waals surface area (Å²) in [5.41, 5.74) is 7.28. The van der Waals surface area contributed by atoms with Crippen molar-refractivity contribution in [2.45, 2.75) is 20.0 Å². The molecule has 0 saturated heterocycles. The van der Waals surface area contributed by atoms with Crippen molar-refractivity contribution in [2.75, 3.05) is 13.2 Å². The van der Waals surface area contributed by atoms with E-state index in [4.69, 9.17) is 10.5 Å². The molecular formula is C11H16FNO. The fourth-order valence-corrected chi connectivity index (χ4v) is 1.16. The molecule has 14 heavy (non-hydrogen) atoms. The fraction of sp³-hybridized carbons (Fsp3) is 0.455. The highest BCUT2D eigenvalue weighted by Gasteiger charge is 2.00. The van der Waals surface area contributed by atoms with Gasteiger partial charge in [-0.3, -0.25) is 0 Å². The standard InChI is InChI=1S/C11H16FNO/c1-9-3-4-11(12)7-10(9)8-14-6-2-5-13/h3-4,7H,2,5-6,8,13H2,1H3. The van der Waals surface area contributed by atoms with Gasteiger partial charge in [-0.25, -0.2) is 4.39 Å². The molecule has 0 aliphatic carbocycles. The van der Waals surface area contributed by atoms with Crippen LogP contribution in [0.2, 0.25) is 0 Å². The molecular weight excluding hydrogens is 181 g/mol. The molecule has 0 aliphatic heterocycles. The molecule has 1 aromatic rings. The van der Waals surface area contributed by atoms with Crippen molar-refractivity contribution in [2.24, 2.45) is 5.73 Å². The molecule has 0 unspecified atom stereocenters. The number of ether oxygens (including phenoxy) is 1. The molecule has 0 amide bonds. The Labute approximate surface area is 83.9 Å². The Kier molecular flexibility index (Phi) is 4.56. The SMILES string of the molecule is Cc1ccc(F)cc1COCCCN. The van der Waals surface area contributed by atoms with Crippen LogP contribution in [0.4, 0.5) is 4.39 Å².